The van der Waals surface area contributed by atoms with Crippen LogP contribution in [0, 0.1) is 0 Å². The van der Waals surface area contributed by atoms with Gasteiger partial charge in [-0.2, -0.15) is 0 Å². The third-order valence-corrected chi connectivity index (χ3v) is 3.05. The molecule has 0 aliphatic rings. The van der Waals surface area contributed by atoms with Crippen molar-refractivity contribution in [2.45, 2.75) is 84.5 Å². The van der Waals surface area contributed by atoms with Crippen molar-refractivity contribution < 1.29 is 9.53 Å². The second-order valence-electron chi connectivity index (χ2n) is 4.95. The quantitative estimate of drug-likeness (QED) is 0.266. The summed E-state index contributed by atoms with van der Waals surface area (Å²) in [7, 11) is 0. The molecule has 0 radical (unpaired) electrons. The number of allylic oxidation sites excluding steroid dienone is 1. The fraction of sp³-hybridized carbons (Fsp3) is 0.812. The largest absolute Gasteiger partial charge is 0.435 e. The third-order valence-electron chi connectivity index (χ3n) is 3.05. The molecule has 0 N–H and O–H groups in total. The number of esters is 1. The fourth-order valence-corrected chi connectivity index (χ4v) is 1.96. The molecule has 0 atom stereocenters. The van der Waals surface area contributed by atoms with E-state index in [1.54, 1.807) is 0 Å². The molecule has 0 fully saturated rings. The maximum Gasteiger partial charge on any atom is 0.307 e. The van der Waals surface area contributed by atoms with Crippen LogP contribution >= 0.6 is 0 Å². The average molecular weight is 254 g/mol. The van der Waals surface area contributed by atoms with Crippen molar-refractivity contribution in [3.8, 4) is 0 Å². The fourth-order valence-electron chi connectivity index (χ4n) is 1.96. The topological polar surface area (TPSA) is 26.3 Å². The number of hydrogen-bond acceptors (Lipinski definition) is 2. The average Bonchev–Trinajstić information content (AvgIpc) is 2.34. The number of carbonyl (C=O) groups is 1. The highest BCUT2D eigenvalue weighted by atomic mass is 16.5. The molecule has 0 aliphatic carbocycles. The second-order valence-corrected chi connectivity index (χ2v) is 4.95. The highest BCUT2D eigenvalue weighted by Crippen LogP contribution is 2.11. The van der Waals surface area contributed by atoms with Crippen LogP contribution in [0.3, 0.4) is 0 Å². The van der Waals surface area contributed by atoms with Crippen LogP contribution in [0.25, 0.3) is 0 Å². The molecule has 0 aromatic carbocycles. The van der Waals surface area contributed by atoms with E-state index in [-0.39, 0.29) is 5.97 Å². The van der Waals surface area contributed by atoms with Crippen LogP contribution in [0.1, 0.15) is 84.5 Å². The van der Waals surface area contributed by atoms with Crippen molar-refractivity contribution in [3.63, 3.8) is 0 Å². The van der Waals surface area contributed by atoms with Gasteiger partial charge in [-0.1, -0.05) is 64.7 Å². The first-order valence-electron chi connectivity index (χ1n) is 7.59. The van der Waals surface area contributed by atoms with Gasteiger partial charge in [0.15, 0.2) is 0 Å². The van der Waals surface area contributed by atoms with Gasteiger partial charge in [-0.15, -0.1) is 0 Å². The van der Waals surface area contributed by atoms with Gasteiger partial charge in [0.25, 0.3) is 0 Å². The van der Waals surface area contributed by atoms with Crippen molar-refractivity contribution in [1.82, 2.24) is 0 Å². The highest BCUT2D eigenvalue weighted by molar-refractivity contribution is 5.66. The van der Waals surface area contributed by atoms with Gasteiger partial charge in [-0.05, 0) is 18.9 Å². The highest BCUT2D eigenvalue weighted by Gasteiger charge is 1.92. The molecule has 0 aliphatic heterocycles. The maximum atomic E-state index is 10.5. The molecule has 18 heavy (non-hydrogen) atoms. The first kappa shape index (κ1) is 17.2. The van der Waals surface area contributed by atoms with E-state index >= 15 is 0 Å². The van der Waals surface area contributed by atoms with Crippen LogP contribution in [-0.2, 0) is 9.53 Å². The zero-order valence-corrected chi connectivity index (χ0v) is 12.2. The molecule has 2 heteroatoms. The summed E-state index contributed by atoms with van der Waals surface area (Å²) in [5, 5.41) is 0. The summed E-state index contributed by atoms with van der Waals surface area (Å²) in [5.74, 6) is -0.241. The van der Waals surface area contributed by atoms with Crippen molar-refractivity contribution >= 4 is 5.97 Å². The Morgan fingerprint density at radius 2 is 1.39 bits per heavy atom. The Balaban J connectivity index is 3.03. The lowest BCUT2D eigenvalue weighted by molar-refractivity contribution is -0.135. The second kappa shape index (κ2) is 14.3. The van der Waals surface area contributed by atoms with Crippen LogP contribution in [-0.4, -0.2) is 5.97 Å². The normalized spacial score (nSPS) is 11.0. The number of hydrogen-bond donors (Lipinski definition) is 0. The summed E-state index contributed by atoms with van der Waals surface area (Å²) in [6.45, 7) is 3.68. The smallest absolute Gasteiger partial charge is 0.307 e. The molecular weight excluding hydrogens is 224 g/mol. The number of carbonyl (C=O) groups excluding carboxylic acids is 1. The molecular formula is C16H30O2. The molecule has 0 rings (SSSR count). The lowest BCUT2D eigenvalue weighted by Crippen LogP contribution is -1.89. The van der Waals surface area contributed by atoms with Crippen LogP contribution < -0.4 is 0 Å². The Morgan fingerprint density at radius 1 is 0.889 bits per heavy atom. The Labute approximate surface area is 113 Å². The zero-order chi connectivity index (χ0) is 13.5. The van der Waals surface area contributed by atoms with Crippen LogP contribution in [0.15, 0.2) is 12.3 Å². The summed E-state index contributed by atoms with van der Waals surface area (Å²) >= 11 is 0. The van der Waals surface area contributed by atoms with E-state index in [4.69, 9.17) is 4.74 Å². The van der Waals surface area contributed by atoms with Gasteiger partial charge in [-0.3, -0.25) is 4.79 Å². The Kier molecular flexibility index (Phi) is 13.6. The minimum atomic E-state index is -0.241. The standard InChI is InChI=1S/C16H30O2/c1-3-4-5-6-7-8-9-10-11-12-13-14-15-18-16(2)17/h14-15H,3-13H2,1-2H3. The first-order valence-corrected chi connectivity index (χ1v) is 7.59. The lowest BCUT2D eigenvalue weighted by Gasteiger charge is -2.01. The summed E-state index contributed by atoms with van der Waals surface area (Å²) in [5.41, 5.74) is 0. The van der Waals surface area contributed by atoms with E-state index in [1.165, 1.54) is 77.4 Å². The molecule has 0 saturated heterocycles. The SMILES string of the molecule is CCCCCCCCCCCCC=COC(C)=O. The van der Waals surface area contributed by atoms with Gasteiger partial charge in [0.1, 0.15) is 0 Å². The zero-order valence-electron chi connectivity index (χ0n) is 12.2. The molecule has 0 bridgehead atoms. The van der Waals surface area contributed by atoms with Gasteiger partial charge in [-0.25, -0.2) is 0 Å². The predicted molar refractivity (Wildman–Crippen MR) is 77.4 cm³/mol. The van der Waals surface area contributed by atoms with Crippen LogP contribution in [0.5, 0.6) is 0 Å². The monoisotopic (exact) mass is 254 g/mol. The van der Waals surface area contributed by atoms with Crippen LogP contribution in [0.4, 0.5) is 0 Å². The third kappa shape index (κ3) is 15.2. The molecule has 0 unspecified atom stereocenters. The van der Waals surface area contributed by atoms with Gasteiger partial charge in [0.2, 0.25) is 0 Å². The van der Waals surface area contributed by atoms with Crippen molar-refractivity contribution in [3.05, 3.63) is 12.3 Å². The first-order chi connectivity index (χ1) is 8.77. The Hall–Kier alpha value is -0.790. The summed E-state index contributed by atoms with van der Waals surface area (Å²) in [4.78, 5) is 10.5. The van der Waals surface area contributed by atoms with E-state index in [1.807, 2.05) is 6.08 Å². The molecule has 0 aromatic heterocycles. The van der Waals surface area contributed by atoms with Crippen LogP contribution in [0.2, 0.25) is 0 Å². The number of unbranched alkanes of at least 4 members (excludes halogenated alkanes) is 10. The van der Waals surface area contributed by atoms with Gasteiger partial charge in [0, 0.05) is 6.92 Å². The molecule has 0 spiro atoms. The summed E-state index contributed by atoms with van der Waals surface area (Å²) in [6.07, 6.45) is 18.0. The lowest BCUT2D eigenvalue weighted by atomic mass is 10.1. The summed E-state index contributed by atoms with van der Waals surface area (Å²) in [6, 6.07) is 0. The van der Waals surface area contributed by atoms with E-state index in [2.05, 4.69) is 6.92 Å². The molecule has 2 nitrogen and oxygen atoms in total. The minimum absolute atomic E-state index is 0.241. The van der Waals surface area contributed by atoms with Gasteiger partial charge in [0.05, 0.1) is 6.26 Å². The molecule has 106 valence electrons. The predicted octanol–water partition coefficient (Wildman–Crippen LogP) is 5.37. The van der Waals surface area contributed by atoms with E-state index in [9.17, 15) is 4.79 Å². The number of rotatable bonds is 12. The van der Waals surface area contributed by atoms with Crippen molar-refractivity contribution in [2.24, 2.45) is 0 Å². The van der Waals surface area contributed by atoms with E-state index in [0.717, 1.165) is 6.42 Å². The Bertz CT molecular complexity index is 209. The van der Waals surface area contributed by atoms with Crippen molar-refractivity contribution in [1.29, 1.82) is 0 Å². The maximum absolute atomic E-state index is 10.5. The number of ether oxygens (including phenoxy) is 1. The van der Waals surface area contributed by atoms with Crippen molar-refractivity contribution in [2.75, 3.05) is 0 Å². The van der Waals surface area contributed by atoms with E-state index < -0.39 is 0 Å². The van der Waals surface area contributed by atoms with E-state index in [0.29, 0.717) is 0 Å². The summed E-state index contributed by atoms with van der Waals surface area (Å²) < 4.78 is 4.71. The Morgan fingerprint density at radius 3 is 1.89 bits per heavy atom. The molecule has 0 heterocycles. The molecule has 0 amide bonds. The van der Waals surface area contributed by atoms with Gasteiger partial charge < -0.3 is 4.74 Å². The molecule has 0 aromatic rings. The molecule has 0 saturated carbocycles. The minimum Gasteiger partial charge on any atom is -0.435 e. The van der Waals surface area contributed by atoms with Gasteiger partial charge >= 0.3 is 5.97 Å².